The number of rotatable bonds is 4. The van der Waals surface area contributed by atoms with Crippen LogP contribution in [0.5, 0.6) is 17.2 Å². The second-order valence-electron chi connectivity index (χ2n) is 7.40. The number of nitrogen functional groups attached to an aromatic ring is 1. The van der Waals surface area contributed by atoms with Crippen LogP contribution in [0.4, 0.5) is 14.6 Å². The molecule has 2 aliphatic rings. The monoisotopic (exact) mass is 399 g/mol. The van der Waals surface area contributed by atoms with Crippen molar-refractivity contribution in [3.05, 3.63) is 54.1 Å². The van der Waals surface area contributed by atoms with Crippen LogP contribution in [-0.4, -0.2) is 30.0 Å². The standard InChI is InChI=1S/C21H19F2N3O3/c22-21(23)28-15-6-4-13(10-17(15)29-21)11-20(8-9-25-12-20)27-16-3-1-2-14-5-7-18(24)26-19(14)16/h1-7,10,25H,8-9,11-12H2,(H2,24,26)/t20-/m1/s1. The quantitative estimate of drug-likeness (QED) is 0.699. The SMILES string of the molecule is Nc1ccc2cccc(O[C@@]3(Cc4ccc5c(c4)OC(F)(F)O5)CCNC3)c2n1. The van der Waals surface area contributed by atoms with Crippen LogP contribution in [0.2, 0.25) is 0 Å². The van der Waals surface area contributed by atoms with E-state index in [-0.39, 0.29) is 11.5 Å². The normalized spacial score (nSPS) is 22.1. The number of alkyl halides is 2. The van der Waals surface area contributed by atoms with Gasteiger partial charge in [-0.05, 0) is 42.4 Å². The summed E-state index contributed by atoms with van der Waals surface area (Å²) in [7, 11) is 0. The molecular weight excluding hydrogens is 380 g/mol. The molecule has 3 N–H and O–H groups in total. The summed E-state index contributed by atoms with van der Waals surface area (Å²) in [5.41, 5.74) is 6.84. The molecule has 0 bridgehead atoms. The highest BCUT2D eigenvalue weighted by Crippen LogP contribution is 2.42. The summed E-state index contributed by atoms with van der Waals surface area (Å²) in [5.74, 6) is 1.13. The maximum Gasteiger partial charge on any atom is 0.586 e. The first-order valence-electron chi connectivity index (χ1n) is 9.35. The molecule has 1 atom stereocenters. The highest BCUT2D eigenvalue weighted by molar-refractivity contribution is 5.85. The summed E-state index contributed by atoms with van der Waals surface area (Å²) >= 11 is 0. The Kier molecular flexibility index (Phi) is 3.99. The number of hydrogen-bond acceptors (Lipinski definition) is 6. The van der Waals surface area contributed by atoms with E-state index < -0.39 is 11.9 Å². The third-order valence-electron chi connectivity index (χ3n) is 5.23. The van der Waals surface area contributed by atoms with E-state index in [4.69, 9.17) is 10.5 Å². The van der Waals surface area contributed by atoms with Crippen LogP contribution in [0.3, 0.4) is 0 Å². The van der Waals surface area contributed by atoms with Crippen LogP contribution in [0, 0.1) is 0 Å². The van der Waals surface area contributed by atoms with Crippen LogP contribution >= 0.6 is 0 Å². The van der Waals surface area contributed by atoms with Gasteiger partial charge in [0, 0.05) is 24.8 Å². The molecule has 2 aromatic carbocycles. The number of hydrogen-bond donors (Lipinski definition) is 2. The number of benzene rings is 2. The molecule has 0 aliphatic carbocycles. The number of para-hydroxylation sites is 1. The first kappa shape index (κ1) is 17.9. The van der Waals surface area contributed by atoms with Gasteiger partial charge in [0.25, 0.3) is 0 Å². The first-order valence-corrected chi connectivity index (χ1v) is 9.35. The number of pyridine rings is 1. The van der Waals surface area contributed by atoms with Crippen molar-refractivity contribution in [2.24, 2.45) is 0 Å². The van der Waals surface area contributed by atoms with E-state index in [0.717, 1.165) is 23.9 Å². The Morgan fingerprint density at radius 2 is 1.97 bits per heavy atom. The van der Waals surface area contributed by atoms with Crippen molar-refractivity contribution in [2.75, 3.05) is 18.8 Å². The lowest BCUT2D eigenvalue weighted by Crippen LogP contribution is -2.40. The molecule has 5 rings (SSSR count). The Labute approximate surface area is 165 Å². The Balaban J connectivity index is 1.46. The molecule has 1 fully saturated rings. The van der Waals surface area contributed by atoms with E-state index in [9.17, 15) is 8.78 Å². The molecule has 0 radical (unpaired) electrons. The number of fused-ring (bicyclic) bond motifs is 2. The zero-order valence-electron chi connectivity index (χ0n) is 15.5. The molecule has 8 heteroatoms. The number of ether oxygens (including phenoxy) is 3. The number of anilines is 1. The molecule has 2 aliphatic heterocycles. The van der Waals surface area contributed by atoms with E-state index in [2.05, 4.69) is 19.8 Å². The lowest BCUT2D eigenvalue weighted by atomic mass is 9.93. The third-order valence-corrected chi connectivity index (χ3v) is 5.23. The van der Waals surface area contributed by atoms with Crippen molar-refractivity contribution in [3.63, 3.8) is 0 Å². The molecular formula is C21H19F2N3O3. The number of nitrogens with one attached hydrogen (secondary N) is 1. The molecule has 0 unspecified atom stereocenters. The Bertz CT molecular complexity index is 1080. The minimum atomic E-state index is -3.63. The largest absolute Gasteiger partial charge is 0.586 e. The molecule has 1 aromatic heterocycles. The third kappa shape index (κ3) is 3.40. The van der Waals surface area contributed by atoms with Crippen LogP contribution in [0.25, 0.3) is 10.9 Å². The van der Waals surface area contributed by atoms with Crippen molar-refractivity contribution in [1.82, 2.24) is 10.3 Å². The zero-order chi connectivity index (χ0) is 20.1. The highest BCUT2D eigenvalue weighted by Gasteiger charge is 2.44. The summed E-state index contributed by atoms with van der Waals surface area (Å²) in [6.07, 6.45) is -2.35. The van der Waals surface area contributed by atoms with Gasteiger partial charge >= 0.3 is 6.29 Å². The second kappa shape index (κ2) is 6.45. The molecule has 3 aromatic rings. The summed E-state index contributed by atoms with van der Waals surface area (Å²) in [5, 5.41) is 4.27. The average molecular weight is 399 g/mol. The zero-order valence-corrected chi connectivity index (χ0v) is 15.5. The number of nitrogens with zero attached hydrogens (tertiary/aromatic N) is 1. The summed E-state index contributed by atoms with van der Waals surface area (Å²) < 4.78 is 42.2. The molecule has 0 amide bonds. The van der Waals surface area contributed by atoms with E-state index >= 15 is 0 Å². The van der Waals surface area contributed by atoms with E-state index in [1.807, 2.05) is 24.3 Å². The minimum Gasteiger partial charge on any atom is -0.483 e. The molecule has 1 saturated heterocycles. The van der Waals surface area contributed by atoms with Gasteiger partial charge < -0.3 is 25.3 Å². The second-order valence-corrected chi connectivity index (χ2v) is 7.40. The van der Waals surface area contributed by atoms with Gasteiger partial charge in [-0.2, -0.15) is 0 Å². The van der Waals surface area contributed by atoms with Crippen LogP contribution in [0.1, 0.15) is 12.0 Å². The summed E-state index contributed by atoms with van der Waals surface area (Å²) in [6, 6.07) is 14.2. The first-order chi connectivity index (χ1) is 13.9. The van der Waals surface area contributed by atoms with Crippen molar-refractivity contribution in [3.8, 4) is 17.2 Å². The fourth-order valence-electron chi connectivity index (χ4n) is 3.92. The van der Waals surface area contributed by atoms with Gasteiger partial charge in [0.05, 0.1) is 0 Å². The molecule has 29 heavy (non-hydrogen) atoms. The van der Waals surface area contributed by atoms with Crippen molar-refractivity contribution in [2.45, 2.75) is 24.7 Å². The van der Waals surface area contributed by atoms with E-state index in [0.29, 0.717) is 30.0 Å². The topological polar surface area (TPSA) is 78.6 Å². The smallest absolute Gasteiger partial charge is 0.483 e. The fraction of sp³-hybridized carbons (Fsp3) is 0.286. The van der Waals surface area contributed by atoms with E-state index in [1.54, 1.807) is 18.2 Å². The highest BCUT2D eigenvalue weighted by atomic mass is 19.3. The lowest BCUT2D eigenvalue weighted by molar-refractivity contribution is -0.286. The molecule has 150 valence electrons. The molecule has 6 nitrogen and oxygen atoms in total. The average Bonchev–Trinajstić information content (AvgIpc) is 3.24. The number of halogens is 2. The van der Waals surface area contributed by atoms with Crippen LogP contribution in [-0.2, 0) is 6.42 Å². The van der Waals surface area contributed by atoms with Crippen LogP contribution in [0.15, 0.2) is 48.5 Å². The van der Waals surface area contributed by atoms with Crippen molar-refractivity contribution in [1.29, 1.82) is 0 Å². The van der Waals surface area contributed by atoms with E-state index in [1.165, 1.54) is 6.07 Å². The lowest BCUT2D eigenvalue weighted by Gasteiger charge is -2.30. The number of nitrogens with two attached hydrogens (primary N) is 1. The number of aromatic nitrogens is 1. The molecule has 3 heterocycles. The Hall–Kier alpha value is -3.13. The van der Waals surface area contributed by atoms with Crippen LogP contribution < -0.4 is 25.3 Å². The molecule has 0 saturated carbocycles. The predicted octanol–water partition coefficient (Wildman–Crippen LogP) is 3.49. The van der Waals surface area contributed by atoms with Crippen molar-refractivity contribution >= 4 is 16.7 Å². The summed E-state index contributed by atoms with van der Waals surface area (Å²) in [6.45, 7) is 1.42. The van der Waals surface area contributed by atoms with Gasteiger partial charge in [0.2, 0.25) is 0 Å². The fourth-order valence-corrected chi connectivity index (χ4v) is 3.92. The van der Waals surface area contributed by atoms with Gasteiger partial charge in [-0.25, -0.2) is 4.98 Å². The Morgan fingerprint density at radius 3 is 2.79 bits per heavy atom. The summed E-state index contributed by atoms with van der Waals surface area (Å²) in [4.78, 5) is 4.43. The molecule has 0 spiro atoms. The predicted molar refractivity (Wildman–Crippen MR) is 103 cm³/mol. The van der Waals surface area contributed by atoms with Gasteiger partial charge in [0.15, 0.2) is 11.5 Å². The van der Waals surface area contributed by atoms with Crippen molar-refractivity contribution < 1.29 is 23.0 Å². The van der Waals surface area contributed by atoms with Gasteiger partial charge in [0.1, 0.15) is 22.7 Å². The van der Waals surface area contributed by atoms with Gasteiger partial charge in [-0.3, -0.25) is 0 Å². The maximum atomic E-state index is 13.3. The van der Waals surface area contributed by atoms with Gasteiger partial charge in [-0.15, -0.1) is 8.78 Å². The van der Waals surface area contributed by atoms with Gasteiger partial charge in [-0.1, -0.05) is 18.2 Å². The minimum absolute atomic E-state index is 0.0343. The maximum absolute atomic E-state index is 13.3. The Morgan fingerprint density at radius 1 is 1.10 bits per heavy atom.